The molecule has 0 unspecified atom stereocenters. The van der Waals surface area contributed by atoms with Gasteiger partial charge in [0.25, 0.3) is 0 Å². The smallest absolute Gasteiger partial charge is 0.183 e. The molecule has 0 aliphatic heterocycles. The number of halogens is 1. The first-order chi connectivity index (χ1) is 7.79. The fraction of sp³-hybridized carbons (Fsp3) is 0.182. The van der Waals surface area contributed by atoms with E-state index in [9.17, 15) is 0 Å². The predicted molar refractivity (Wildman–Crippen MR) is 67.4 cm³/mol. The third-order valence-corrected chi connectivity index (χ3v) is 3.20. The van der Waals surface area contributed by atoms with Crippen LogP contribution in [0.25, 0.3) is 0 Å². The molecule has 2 rings (SSSR count). The summed E-state index contributed by atoms with van der Waals surface area (Å²) < 4.78 is 5.80. The molecular weight excluding hydrogens is 244 g/mol. The van der Waals surface area contributed by atoms with Crippen LogP contribution in [0.15, 0.2) is 30.5 Å². The van der Waals surface area contributed by atoms with Gasteiger partial charge in [-0.15, -0.1) is 11.3 Å². The Bertz CT molecular complexity index is 473. The van der Waals surface area contributed by atoms with Crippen LogP contribution in [0.2, 0.25) is 4.47 Å². The van der Waals surface area contributed by atoms with Gasteiger partial charge < -0.3 is 10.1 Å². The Labute approximate surface area is 103 Å². The Balaban J connectivity index is 2.04. The Morgan fingerprint density at radius 3 is 2.94 bits per heavy atom. The summed E-state index contributed by atoms with van der Waals surface area (Å²) in [6.45, 7) is 0.699. The molecule has 1 aromatic carbocycles. The lowest BCUT2D eigenvalue weighted by Crippen LogP contribution is -1.99. The minimum absolute atomic E-state index is 0.567. The van der Waals surface area contributed by atoms with E-state index in [4.69, 9.17) is 16.3 Å². The summed E-state index contributed by atoms with van der Waals surface area (Å²) in [6.07, 6.45) is 1.77. The SMILES string of the molecule is COc1ccccc1NCc1cnc(Cl)s1. The number of methoxy groups -OCH3 is 1. The van der Waals surface area contributed by atoms with Gasteiger partial charge in [-0.2, -0.15) is 0 Å². The lowest BCUT2D eigenvalue weighted by molar-refractivity contribution is 0.416. The van der Waals surface area contributed by atoms with Crippen molar-refractivity contribution in [2.75, 3.05) is 12.4 Å². The van der Waals surface area contributed by atoms with Crippen LogP contribution in [-0.4, -0.2) is 12.1 Å². The summed E-state index contributed by atoms with van der Waals surface area (Å²) in [5.41, 5.74) is 0.967. The van der Waals surface area contributed by atoms with Gasteiger partial charge in [-0.1, -0.05) is 23.7 Å². The second-order valence-electron chi connectivity index (χ2n) is 3.13. The van der Waals surface area contributed by atoms with Gasteiger partial charge in [-0.3, -0.25) is 0 Å². The standard InChI is InChI=1S/C11H11ClN2OS/c1-15-10-5-3-2-4-9(10)13-6-8-7-14-11(12)16-8/h2-5,7,13H,6H2,1H3. The summed E-state index contributed by atoms with van der Waals surface area (Å²) in [5.74, 6) is 0.832. The molecule has 0 saturated heterocycles. The van der Waals surface area contributed by atoms with Gasteiger partial charge in [0.1, 0.15) is 5.75 Å². The molecule has 0 radical (unpaired) electrons. The molecule has 3 nitrogen and oxygen atoms in total. The summed E-state index contributed by atoms with van der Waals surface area (Å²) in [7, 11) is 1.66. The van der Waals surface area contributed by atoms with Crippen molar-refractivity contribution in [1.82, 2.24) is 4.98 Å². The van der Waals surface area contributed by atoms with Crippen LogP contribution in [-0.2, 0) is 6.54 Å². The highest BCUT2D eigenvalue weighted by molar-refractivity contribution is 7.15. The van der Waals surface area contributed by atoms with E-state index in [0.717, 1.165) is 16.3 Å². The van der Waals surface area contributed by atoms with Crippen LogP contribution >= 0.6 is 22.9 Å². The number of nitrogens with one attached hydrogen (secondary N) is 1. The maximum Gasteiger partial charge on any atom is 0.183 e. The van der Waals surface area contributed by atoms with E-state index in [0.29, 0.717) is 11.0 Å². The van der Waals surface area contributed by atoms with Crippen molar-refractivity contribution in [3.63, 3.8) is 0 Å². The van der Waals surface area contributed by atoms with E-state index in [1.807, 2.05) is 24.3 Å². The van der Waals surface area contributed by atoms with Crippen molar-refractivity contribution in [2.24, 2.45) is 0 Å². The van der Waals surface area contributed by atoms with Gasteiger partial charge >= 0.3 is 0 Å². The highest BCUT2D eigenvalue weighted by atomic mass is 35.5. The molecule has 16 heavy (non-hydrogen) atoms. The number of para-hydroxylation sites is 2. The average Bonchev–Trinajstić information content (AvgIpc) is 2.73. The molecule has 0 amide bonds. The van der Waals surface area contributed by atoms with Crippen molar-refractivity contribution in [2.45, 2.75) is 6.54 Å². The first-order valence-corrected chi connectivity index (χ1v) is 5.96. The van der Waals surface area contributed by atoms with Crippen LogP contribution in [0.3, 0.4) is 0 Å². The number of hydrogen-bond acceptors (Lipinski definition) is 4. The Kier molecular flexibility index (Phi) is 3.64. The van der Waals surface area contributed by atoms with Crippen molar-refractivity contribution >= 4 is 28.6 Å². The number of thiazole rings is 1. The highest BCUT2D eigenvalue weighted by Crippen LogP contribution is 2.25. The van der Waals surface area contributed by atoms with Crippen LogP contribution in [0.4, 0.5) is 5.69 Å². The van der Waals surface area contributed by atoms with Crippen molar-refractivity contribution < 1.29 is 4.74 Å². The Hall–Kier alpha value is -1.26. The Morgan fingerprint density at radius 1 is 1.44 bits per heavy atom. The first-order valence-electron chi connectivity index (χ1n) is 4.76. The number of aromatic nitrogens is 1. The third kappa shape index (κ3) is 2.65. The zero-order valence-corrected chi connectivity index (χ0v) is 10.3. The largest absolute Gasteiger partial charge is 0.495 e. The number of ether oxygens (including phenoxy) is 1. The molecule has 0 atom stereocenters. The summed E-state index contributed by atoms with van der Waals surface area (Å²) >= 11 is 7.23. The van der Waals surface area contributed by atoms with E-state index in [2.05, 4.69) is 10.3 Å². The molecule has 0 spiro atoms. The topological polar surface area (TPSA) is 34.1 Å². The molecule has 0 aliphatic rings. The van der Waals surface area contributed by atoms with E-state index in [-0.39, 0.29) is 0 Å². The first kappa shape index (κ1) is 11.2. The summed E-state index contributed by atoms with van der Waals surface area (Å²) in [6, 6.07) is 7.79. The minimum atomic E-state index is 0.567. The van der Waals surface area contributed by atoms with E-state index in [1.165, 1.54) is 11.3 Å². The number of benzene rings is 1. The van der Waals surface area contributed by atoms with Crippen molar-refractivity contribution in [1.29, 1.82) is 0 Å². The second-order valence-corrected chi connectivity index (χ2v) is 4.83. The molecule has 0 saturated carbocycles. The second kappa shape index (κ2) is 5.18. The van der Waals surface area contributed by atoms with E-state index >= 15 is 0 Å². The van der Waals surface area contributed by atoms with Crippen molar-refractivity contribution in [3.05, 3.63) is 39.8 Å². The quantitative estimate of drug-likeness (QED) is 0.908. The van der Waals surface area contributed by atoms with E-state index in [1.54, 1.807) is 13.3 Å². The lowest BCUT2D eigenvalue weighted by atomic mass is 10.3. The van der Waals surface area contributed by atoms with Gasteiger partial charge in [0.2, 0.25) is 0 Å². The normalized spacial score (nSPS) is 10.1. The monoisotopic (exact) mass is 254 g/mol. The zero-order valence-electron chi connectivity index (χ0n) is 8.74. The fourth-order valence-electron chi connectivity index (χ4n) is 1.34. The molecule has 0 aliphatic carbocycles. The molecule has 0 bridgehead atoms. The molecular formula is C11H11ClN2OS. The molecule has 0 fully saturated rings. The molecule has 5 heteroatoms. The third-order valence-electron chi connectivity index (χ3n) is 2.09. The maximum absolute atomic E-state index is 5.76. The van der Waals surface area contributed by atoms with Crippen molar-refractivity contribution in [3.8, 4) is 5.75 Å². The molecule has 1 N–H and O–H groups in total. The van der Waals surface area contributed by atoms with Gasteiger partial charge in [-0.25, -0.2) is 4.98 Å². The molecule has 84 valence electrons. The van der Waals surface area contributed by atoms with Gasteiger partial charge in [0.05, 0.1) is 19.3 Å². The fourth-order valence-corrected chi connectivity index (χ4v) is 2.26. The van der Waals surface area contributed by atoms with Gasteiger partial charge in [0.15, 0.2) is 4.47 Å². The summed E-state index contributed by atoms with van der Waals surface area (Å²) in [5, 5.41) is 3.28. The van der Waals surface area contributed by atoms with Gasteiger partial charge in [0, 0.05) is 11.1 Å². The van der Waals surface area contributed by atoms with Crippen LogP contribution in [0.1, 0.15) is 4.88 Å². The Morgan fingerprint density at radius 2 is 2.25 bits per heavy atom. The minimum Gasteiger partial charge on any atom is -0.495 e. The molecule has 1 heterocycles. The number of rotatable bonds is 4. The average molecular weight is 255 g/mol. The number of anilines is 1. The molecule has 2 aromatic rings. The zero-order chi connectivity index (χ0) is 11.4. The maximum atomic E-state index is 5.76. The highest BCUT2D eigenvalue weighted by Gasteiger charge is 2.02. The van der Waals surface area contributed by atoms with E-state index < -0.39 is 0 Å². The summed E-state index contributed by atoms with van der Waals surface area (Å²) in [4.78, 5) is 5.08. The predicted octanol–water partition coefficient (Wildman–Crippen LogP) is 3.42. The molecule has 1 aromatic heterocycles. The van der Waals surface area contributed by atoms with Crippen LogP contribution in [0, 0.1) is 0 Å². The van der Waals surface area contributed by atoms with Crippen LogP contribution < -0.4 is 10.1 Å². The number of hydrogen-bond donors (Lipinski definition) is 1. The van der Waals surface area contributed by atoms with Crippen LogP contribution in [0.5, 0.6) is 5.75 Å². The lowest BCUT2D eigenvalue weighted by Gasteiger charge is -2.09. The number of nitrogens with zero attached hydrogens (tertiary/aromatic N) is 1. The van der Waals surface area contributed by atoms with Gasteiger partial charge in [-0.05, 0) is 12.1 Å².